The fourth-order valence-electron chi connectivity index (χ4n) is 2.12. The van der Waals surface area contributed by atoms with Crippen LogP contribution in [0, 0.1) is 0 Å². The van der Waals surface area contributed by atoms with Crippen molar-refractivity contribution in [1.29, 1.82) is 0 Å². The summed E-state index contributed by atoms with van der Waals surface area (Å²) in [6.07, 6.45) is 1.30. The topological polar surface area (TPSA) is 61.7 Å². The summed E-state index contributed by atoms with van der Waals surface area (Å²) >= 11 is 0. The first-order chi connectivity index (χ1) is 10.1. The van der Waals surface area contributed by atoms with Gasteiger partial charge in [0.15, 0.2) is 0 Å². The quantitative estimate of drug-likeness (QED) is 0.620. The molecule has 0 fully saturated rings. The molecular formula is C17H29NO3. The number of rotatable bonds is 10. The van der Waals surface area contributed by atoms with Gasteiger partial charge < -0.3 is 20.3 Å². The van der Waals surface area contributed by atoms with Crippen molar-refractivity contribution >= 4 is 0 Å². The van der Waals surface area contributed by atoms with Crippen molar-refractivity contribution in [2.75, 3.05) is 19.8 Å². The van der Waals surface area contributed by atoms with E-state index < -0.39 is 6.10 Å². The van der Waals surface area contributed by atoms with Gasteiger partial charge in [0.25, 0.3) is 0 Å². The van der Waals surface area contributed by atoms with E-state index in [2.05, 4.69) is 25.2 Å². The maximum absolute atomic E-state index is 9.97. The molecule has 3 unspecified atom stereocenters. The van der Waals surface area contributed by atoms with Crippen molar-refractivity contribution in [3.05, 3.63) is 29.8 Å². The lowest BCUT2D eigenvalue weighted by Crippen LogP contribution is -2.39. The lowest BCUT2D eigenvalue weighted by Gasteiger charge is -2.20. The van der Waals surface area contributed by atoms with Gasteiger partial charge in [0.1, 0.15) is 18.5 Å². The van der Waals surface area contributed by atoms with E-state index in [1.54, 1.807) is 0 Å². The summed E-state index contributed by atoms with van der Waals surface area (Å²) < 4.78 is 5.77. The molecule has 0 aromatic heterocycles. The zero-order valence-corrected chi connectivity index (χ0v) is 13.4. The number of ether oxygens (including phenoxy) is 1. The lowest BCUT2D eigenvalue weighted by atomic mass is 9.98. The second-order valence-corrected chi connectivity index (χ2v) is 5.51. The Hall–Kier alpha value is -1.10. The second kappa shape index (κ2) is 9.77. The fraction of sp³-hybridized carbons (Fsp3) is 0.647. The van der Waals surface area contributed by atoms with Gasteiger partial charge in [0, 0.05) is 12.6 Å². The monoisotopic (exact) mass is 295 g/mol. The molecule has 120 valence electrons. The molecule has 0 radical (unpaired) electrons. The third-order valence-corrected chi connectivity index (χ3v) is 3.85. The number of hydrogen-bond acceptors (Lipinski definition) is 4. The number of nitrogens with one attached hydrogen (secondary N) is 1. The molecule has 4 heteroatoms. The van der Waals surface area contributed by atoms with Crippen LogP contribution >= 0.6 is 0 Å². The molecule has 0 saturated carbocycles. The number of para-hydroxylation sites is 1. The largest absolute Gasteiger partial charge is 0.491 e. The van der Waals surface area contributed by atoms with E-state index in [-0.39, 0.29) is 19.3 Å². The van der Waals surface area contributed by atoms with Crippen LogP contribution in [-0.2, 0) is 0 Å². The van der Waals surface area contributed by atoms with Crippen LogP contribution in [0.1, 0.15) is 45.1 Å². The highest BCUT2D eigenvalue weighted by atomic mass is 16.5. The number of benzene rings is 1. The minimum Gasteiger partial charge on any atom is -0.491 e. The van der Waals surface area contributed by atoms with E-state index in [0.717, 1.165) is 18.6 Å². The highest BCUT2D eigenvalue weighted by Gasteiger charge is 2.12. The van der Waals surface area contributed by atoms with Gasteiger partial charge in [-0.15, -0.1) is 0 Å². The molecule has 21 heavy (non-hydrogen) atoms. The Morgan fingerprint density at radius 1 is 1.19 bits per heavy atom. The normalized spacial score (nSPS) is 15.5. The van der Waals surface area contributed by atoms with E-state index in [1.807, 2.05) is 25.1 Å². The van der Waals surface area contributed by atoms with Gasteiger partial charge in [0.05, 0.1) is 6.61 Å². The standard InChI is InChI=1S/C17H29NO3/c1-4-13(3)16-8-6-7-9-17(16)21-12-15(20)10-18-14(5-2)11-19/h6-9,13-15,18-20H,4-5,10-12H2,1-3H3. The van der Waals surface area contributed by atoms with Crippen molar-refractivity contribution < 1.29 is 14.9 Å². The summed E-state index contributed by atoms with van der Waals surface area (Å²) in [5.41, 5.74) is 1.18. The Morgan fingerprint density at radius 2 is 1.90 bits per heavy atom. The van der Waals surface area contributed by atoms with Crippen LogP contribution in [0.2, 0.25) is 0 Å². The van der Waals surface area contributed by atoms with Crippen molar-refractivity contribution in [3.8, 4) is 5.75 Å². The summed E-state index contributed by atoms with van der Waals surface area (Å²) in [7, 11) is 0. The molecule has 3 N–H and O–H groups in total. The summed E-state index contributed by atoms with van der Waals surface area (Å²) in [6, 6.07) is 8.02. The first kappa shape index (κ1) is 18.0. The zero-order chi connectivity index (χ0) is 15.7. The number of hydrogen-bond donors (Lipinski definition) is 3. The Balaban J connectivity index is 2.47. The molecule has 0 heterocycles. The number of aliphatic hydroxyl groups is 2. The van der Waals surface area contributed by atoms with Gasteiger partial charge in [-0.2, -0.15) is 0 Å². The van der Waals surface area contributed by atoms with Crippen LogP contribution in [0.3, 0.4) is 0 Å². The SMILES string of the molecule is CCC(CO)NCC(O)COc1ccccc1C(C)CC. The van der Waals surface area contributed by atoms with Gasteiger partial charge in [-0.25, -0.2) is 0 Å². The van der Waals surface area contributed by atoms with Crippen LogP contribution in [0.5, 0.6) is 5.75 Å². The van der Waals surface area contributed by atoms with Crippen LogP contribution in [0.4, 0.5) is 0 Å². The summed E-state index contributed by atoms with van der Waals surface area (Å²) in [6.45, 7) is 7.08. The highest BCUT2D eigenvalue weighted by Crippen LogP contribution is 2.28. The van der Waals surface area contributed by atoms with Gasteiger partial charge in [0.2, 0.25) is 0 Å². The van der Waals surface area contributed by atoms with Crippen LogP contribution in [0.15, 0.2) is 24.3 Å². The highest BCUT2D eigenvalue weighted by molar-refractivity contribution is 5.35. The van der Waals surface area contributed by atoms with E-state index >= 15 is 0 Å². The molecule has 0 bridgehead atoms. The van der Waals surface area contributed by atoms with E-state index in [0.29, 0.717) is 12.5 Å². The molecule has 1 rings (SSSR count). The van der Waals surface area contributed by atoms with E-state index in [9.17, 15) is 5.11 Å². The third-order valence-electron chi connectivity index (χ3n) is 3.85. The number of aliphatic hydroxyl groups excluding tert-OH is 2. The summed E-state index contributed by atoms with van der Waals surface area (Å²) in [5, 5.41) is 22.2. The fourth-order valence-corrected chi connectivity index (χ4v) is 2.12. The van der Waals surface area contributed by atoms with Crippen molar-refractivity contribution in [1.82, 2.24) is 5.32 Å². The summed E-state index contributed by atoms with van der Waals surface area (Å²) in [4.78, 5) is 0. The molecule has 0 aliphatic carbocycles. The first-order valence-corrected chi connectivity index (χ1v) is 7.86. The van der Waals surface area contributed by atoms with Crippen LogP contribution in [-0.4, -0.2) is 42.1 Å². The Morgan fingerprint density at radius 3 is 2.52 bits per heavy atom. The van der Waals surface area contributed by atoms with Crippen LogP contribution in [0.25, 0.3) is 0 Å². The molecule has 0 saturated heterocycles. The Kier molecular flexibility index (Phi) is 8.35. The average Bonchev–Trinajstić information content (AvgIpc) is 2.53. The van der Waals surface area contributed by atoms with Crippen molar-refractivity contribution in [2.45, 2.75) is 51.7 Å². The predicted octanol–water partition coefficient (Wildman–Crippen LogP) is 2.30. The van der Waals surface area contributed by atoms with Gasteiger partial charge in [-0.1, -0.05) is 39.0 Å². The molecule has 3 atom stereocenters. The van der Waals surface area contributed by atoms with E-state index in [1.165, 1.54) is 5.56 Å². The third kappa shape index (κ3) is 6.04. The molecule has 0 aliphatic heterocycles. The summed E-state index contributed by atoms with van der Waals surface area (Å²) in [5.74, 6) is 1.29. The maximum Gasteiger partial charge on any atom is 0.122 e. The molecule has 1 aromatic carbocycles. The molecular weight excluding hydrogens is 266 g/mol. The molecule has 1 aromatic rings. The average molecular weight is 295 g/mol. The zero-order valence-electron chi connectivity index (χ0n) is 13.4. The van der Waals surface area contributed by atoms with Gasteiger partial charge in [-0.05, 0) is 30.4 Å². The second-order valence-electron chi connectivity index (χ2n) is 5.51. The minimum absolute atomic E-state index is 0.0343. The van der Waals surface area contributed by atoms with Crippen LogP contribution < -0.4 is 10.1 Å². The molecule has 0 aliphatic rings. The predicted molar refractivity (Wildman–Crippen MR) is 85.8 cm³/mol. The van der Waals surface area contributed by atoms with E-state index in [4.69, 9.17) is 9.84 Å². The van der Waals surface area contributed by atoms with Crippen molar-refractivity contribution in [2.24, 2.45) is 0 Å². The van der Waals surface area contributed by atoms with Crippen molar-refractivity contribution in [3.63, 3.8) is 0 Å². The Bertz CT molecular complexity index is 393. The Labute approximate surface area is 128 Å². The molecule has 0 spiro atoms. The minimum atomic E-state index is -0.587. The van der Waals surface area contributed by atoms with Gasteiger partial charge >= 0.3 is 0 Å². The maximum atomic E-state index is 9.97. The smallest absolute Gasteiger partial charge is 0.122 e. The lowest BCUT2D eigenvalue weighted by molar-refractivity contribution is 0.0988. The first-order valence-electron chi connectivity index (χ1n) is 7.86. The molecule has 4 nitrogen and oxygen atoms in total. The van der Waals surface area contributed by atoms with Gasteiger partial charge in [-0.3, -0.25) is 0 Å². The molecule has 0 amide bonds.